The molecule has 12 heteroatoms. The van der Waals surface area contributed by atoms with E-state index in [4.69, 9.17) is 9.83 Å². The molecule has 39 heavy (non-hydrogen) atoms. The molecule has 1 aliphatic rings. The molecule has 0 radical (unpaired) electrons. The van der Waals surface area contributed by atoms with Crippen LogP contribution in [0.15, 0.2) is 83.5 Å². The lowest BCUT2D eigenvalue weighted by Gasteiger charge is -2.38. The summed E-state index contributed by atoms with van der Waals surface area (Å²) in [6.07, 6.45) is -3.84. The van der Waals surface area contributed by atoms with Crippen molar-refractivity contribution in [2.24, 2.45) is 0 Å². The molecule has 0 fully saturated rings. The minimum absolute atomic E-state index is 0.128. The number of hydrogen-bond acceptors (Lipinski definition) is 5. The number of furan rings is 1. The van der Waals surface area contributed by atoms with Crippen LogP contribution in [0.4, 0.5) is 45.3 Å². The van der Waals surface area contributed by atoms with Crippen molar-refractivity contribution < 1.29 is 26.8 Å². The molecule has 3 aromatic carbocycles. The van der Waals surface area contributed by atoms with Gasteiger partial charge in [-0.25, -0.2) is 9.18 Å². The van der Waals surface area contributed by atoms with Gasteiger partial charge in [0.1, 0.15) is 17.8 Å². The maximum atomic E-state index is 14.0. The lowest BCUT2D eigenvalue weighted by molar-refractivity contribution is -0.137. The molecule has 2 heterocycles. The lowest BCUT2D eigenvalue weighted by atomic mass is 10.0. The van der Waals surface area contributed by atoms with Gasteiger partial charge in [-0.2, -0.15) is 18.4 Å². The summed E-state index contributed by atoms with van der Waals surface area (Å²) in [7, 11) is 0. The Hall–Kier alpha value is -5.31. The van der Waals surface area contributed by atoms with E-state index in [0.29, 0.717) is 46.5 Å². The normalized spacial score (nSPS) is 14.7. The van der Waals surface area contributed by atoms with Crippen molar-refractivity contribution in [1.82, 2.24) is 0 Å². The van der Waals surface area contributed by atoms with Crippen molar-refractivity contribution in [2.45, 2.75) is 12.3 Å². The van der Waals surface area contributed by atoms with Crippen LogP contribution in [0, 0.1) is 22.6 Å². The predicted molar refractivity (Wildman–Crippen MR) is 136 cm³/mol. The molecule has 0 aliphatic carbocycles. The van der Waals surface area contributed by atoms with Gasteiger partial charge in [0.25, 0.3) is 0 Å². The van der Waals surface area contributed by atoms with Crippen LogP contribution in [0.5, 0.6) is 0 Å². The van der Waals surface area contributed by atoms with Gasteiger partial charge in [-0.1, -0.05) is 12.1 Å². The third kappa shape index (κ3) is 5.10. The zero-order valence-corrected chi connectivity index (χ0v) is 19.8. The minimum atomic E-state index is -4.70. The monoisotopic (exact) mass is 534 g/mol. The number of anilines is 4. The Labute approximate surface area is 219 Å². The fourth-order valence-corrected chi connectivity index (χ4v) is 4.13. The number of amidine groups is 1. The van der Waals surface area contributed by atoms with Crippen LogP contribution >= 0.6 is 0 Å². The topological polar surface area (TPSA) is 117 Å². The number of nitriles is 1. The molecule has 1 atom stereocenters. The number of amides is 2. The smallest absolute Gasteiger partial charge is 0.416 e. The van der Waals surface area contributed by atoms with Gasteiger partial charge >= 0.3 is 12.2 Å². The first-order valence-electron chi connectivity index (χ1n) is 11.4. The molecule has 0 bridgehead atoms. The Kier molecular flexibility index (Phi) is 6.41. The van der Waals surface area contributed by atoms with E-state index in [0.717, 1.165) is 0 Å². The zero-order chi connectivity index (χ0) is 27.7. The second kappa shape index (κ2) is 9.86. The fraction of sp³-hybridized carbons (Fsp3) is 0.0741. The number of nitrogens with one attached hydrogen (secondary N) is 4. The summed E-state index contributed by atoms with van der Waals surface area (Å²) >= 11 is 0. The standard InChI is InChI=1S/C27H18F4N6O2/c28-21-9-4-17(27(29,30)31)13-22(21)35-26(38)34-18-5-7-19(8-6-18)37-23(33)20-10-11-39-25(20)36-24(37)16-3-1-2-15(12-16)14-32/h1-13,24,33,36H,(H2,34,35,38). The highest BCUT2D eigenvalue weighted by Gasteiger charge is 2.34. The maximum absolute atomic E-state index is 14.0. The summed E-state index contributed by atoms with van der Waals surface area (Å²) in [6.45, 7) is 0. The quantitative estimate of drug-likeness (QED) is 0.212. The molecule has 2 amide bonds. The van der Waals surface area contributed by atoms with Crippen LogP contribution in [0.2, 0.25) is 0 Å². The Bertz CT molecular complexity index is 1610. The second-order valence-electron chi connectivity index (χ2n) is 8.48. The third-order valence-corrected chi connectivity index (χ3v) is 5.96. The first kappa shape index (κ1) is 25.3. The number of alkyl halides is 3. The molecule has 5 rings (SSSR count). The van der Waals surface area contributed by atoms with Crippen molar-refractivity contribution >= 4 is 34.8 Å². The van der Waals surface area contributed by atoms with E-state index < -0.39 is 35.4 Å². The molecular formula is C27H18F4N6O2. The first-order chi connectivity index (χ1) is 18.6. The maximum Gasteiger partial charge on any atom is 0.416 e. The molecule has 1 aromatic heterocycles. The summed E-state index contributed by atoms with van der Waals surface area (Å²) in [4.78, 5) is 14.1. The number of fused-ring (bicyclic) bond motifs is 1. The average molecular weight is 534 g/mol. The van der Waals surface area contributed by atoms with Crippen LogP contribution in [0.25, 0.3) is 0 Å². The van der Waals surface area contributed by atoms with Gasteiger partial charge in [0.2, 0.25) is 5.88 Å². The molecule has 0 saturated carbocycles. The fourth-order valence-electron chi connectivity index (χ4n) is 4.13. The molecule has 4 aromatic rings. The molecule has 196 valence electrons. The van der Waals surface area contributed by atoms with Crippen LogP contribution in [0.3, 0.4) is 0 Å². The number of benzene rings is 3. The Morgan fingerprint density at radius 2 is 1.82 bits per heavy atom. The SMILES string of the molecule is N#Cc1cccc(C2Nc3occc3C(=N)N2c2ccc(NC(=O)Nc3cc(C(F)(F)F)ccc3F)cc2)c1. The third-order valence-electron chi connectivity index (χ3n) is 5.96. The molecule has 1 unspecified atom stereocenters. The van der Waals surface area contributed by atoms with Gasteiger partial charge in [-0.05, 0) is 66.2 Å². The zero-order valence-electron chi connectivity index (χ0n) is 19.8. The van der Waals surface area contributed by atoms with Crippen LogP contribution in [-0.2, 0) is 6.18 Å². The lowest BCUT2D eigenvalue weighted by Crippen LogP contribution is -2.42. The average Bonchev–Trinajstić information content (AvgIpc) is 3.39. The molecule has 1 aliphatic heterocycles. The number of urea groups is 1. The van der Waals surface area contributed by atoms with E-state index in [2.05, 4.69) is 22.0 Å². The molecule has 0 spiro atoms. The van der Waals surface area contributed by atoms with Crippen LogP contribution in [-0.4, -0.2) is 11.9 Å². The summed E-state index contributed by atoms with van der Waals surface area (Å²) < 4.78 is 58.3. The Morgan fingerprint density at radius 3 is 2.54 bits per heavy atom. The summed E-state index contributed by atoms with van der Waals surface area (Å²) in [6, 6.07) is 17.7. The number of halogens is 4. The van der Waals surface area contributed by atoms with Crippen molar-refractivity contribution in [3.63, 3.8) is 0 Å². The summed E-state index contributed by atoms with van der Waals surface area (Å²) in [5, 5.41) is 25.9. The van der Waals surface area contributed by atoms with Gasteiger partial charge in [-0.3, -0.25) is 5.41 Å². The number of nitrogens with zero attached hydrogens (tertiary/aromatic N) is 2. The van der Waals surface area contributed by atoms with Gasteiger partial charge in [0.15, 0.2) is 0 Å². The Balaban J connectivity index is 1.37. The van der Waals surface area contributed by atoms with Crippen molar-refractivity contribution in [3.05, 3.63) is 107 Å². The number of hydrogen-bond donors (Lipinski definition) is 4. The summed E-state index contributed by atoms with van der Waals surface area (Å²) in [5.74, 6) is -0.488. The Morgan fingerprint density at radius 1 is 1.05 bits per heavy atom. The summed E-state index contributed by atoms with van der Waals surface area (Å²) in [5.41, 5.74) is 0.766. The van der Waals surface area contributed by atoms with Crippen molar-refractivity contribution in [1.29, 1.82) is 10.7 Å². The van der Waals surface area contributed by atoms with Crippen molar-refractivity contribution in [3.8, 4) is 6.07 Å². The first-order valence-corrected chi connectivity index (χ1v) is 11.4. The molecule has 0 saturated heterocycles. The number of rotatable bonds is 4. The molecule has 4 N–H and O–H groups in total. The van der Waals surface area contributed by atoms with Crippen LogP contribution in [0.1, 0.15) is 28.4 Å². The number of carbonyl (C=O) groups is 1. The van der Waals surface area contributed by atoms with E-state index >= 15 is 0 Å². The highest BCUT2D eigenvalue weighted by molar-refractivity contribution is 6.13. The van der Waals surface area contributed by atoms with Gasteiger partial charge in [0, 0.05) is 11.4 Å². The second-order valence-corrected chi connectivity index (χ2v) is 8.48. The van der Waals surface area contributed by atoms with E-state index in [-0.39, 0.29) is 11.5 Å². The van der Waals surface area contributed by atoms with E-state index in [1.165, 1.54) is 18.4 Å². The van der Waals surface area contributed by atoms with Gasteiger partial charge in [0.05, 0.1) is 34.7 Å². The van der Waals surface area contributed by atoms with Gasteiger partial charge < -0.3 is 25.3 Å². The van der Waals surface area contributed by atoms with Crippen LogP contribution < -0.4 is 20.9 Å². The highest BCUT2D eigenvalue weighted by Crippen LogP contribution is 2.38. The van der Waals surface area contributed by atoms with Crippen molar-refractivity contribution in [2.75, 3.05) is 20.9 Å². The largest absolute Gasteiger partial charge is 0.448 e. The number of carbonyl (C=O) groups excluding carboxylic acids is 1. The molecular weight excluding hydrogens is 516 g/mol. The predicted octanol–water partition coefficient (Wildman–Crippen LogP) is 6.91. The van der Waals surface area contributed by atoms with E-state index in [9.17, 15) is 27.6 Å². The van der Waals surface area contributed by atoms with E-state index in [1.54, 1.807) is 47.4 Å². The van der Waals surface area contributed by atoms with E-state index in [1.807, 2.05) is 0 Å². The minimum Gasteiger partial charge on any atom is -0.448 e. The highest BCUT2D eigenvalue weighted by atomic mass is 19.4. The molecule has 8 nitrogen and oxygen atoms in total. The van der Waals surface area contributed by atoms with Gasteiger partial charge in [-0.15, -0.1) is 0 Å².